The molecule has 1 aromatic carbocycles. The quantitative estimate of drug-likeness (QED) is 0.772. The Kier molecular flexibility index (Phi) is 2.70. The molecule has 2 nitrogen and oxygen atoms in total. The van der Waals surface area contributed by atoms with Crippen LogP contribution in [-0.4, -0.2) is 30.1 Å². The van der Waals surface area contributed by atoms with E-state index in [0.29, 0.717) is 6.04 Å². The highest BCUT2D eigenvalue weighted by Crippen LogP contribution is 2.26. The van der Waals surface area contributed by atoms with E-state index in [1.54, 1.807) is 11.1 Å². The van der Waals surface area contributed by atoms with Crippen LogP contribution in [0.1, 0.15) is 24.0 Å². The van der Waals surface area contributed by atoms with Crippen LogP contribution in [0, 0.1) is 0 Å². The topological polar surface area (TPSA) is 29.3 Å². The molecule has 86 valence electrons. The summed E-state index contributed by atoms with van der Waals surface area (Å²) in [5, 5.41) is 0. The Morgan fingerprint density at radius 3 is 2.12 bits per heavy atom. The number of hydrogen-bond donors (Lipinski definition) is 1. The van der Waals surface area contributed by atoms with Gasteiger partial charge in [-0.15, -0.1) is 0 Å². The lowest BCUT2D eigenvalue weighted by Gasteiger charge is -2.34. The van der Waals surface area contributed by atoms with Gasteiger partial charge >= 0.3 is 0 Å². The van der Waals surface area contributed by atoms with Crippen molar-refractivity contribution in [2.75, 3.05) is 13.1 Å². The van der Waals surface area contributed by atoms with E-state index in [0.717, 1.165) is 6.04 Å². The number of piperidine rings is 1. The number of nitrogens with two attached hydrogens (primary N) is 1. The van der Waals surface area contributed by atoms with Crippen molar-refractivity contribution < 1.29 is 0 Å². The lowest BCUT2D eigenvalue weighted by atomic mass is 10.0. The van der Waals surface area contributed by atoms with E-state index in [1.807, 2.05) is 0 Å². The van der Waals surface area contributed by atoms with E-state index < -0.39 is 0 Å². The smallest absolute Gasteiger partial charge is 0.0176 e. The van der Waals surface area contributed by atoms with Gasteiger partial charge in [-0.05, 0) is 49.9 Å². The van der Waals surface area contributed by atoms with Crippen molar-refractivity contribution in [3.8, 4) is 0 Å². The predicted octanol–water partition coefficient (Wildman–Crippen LogP) is 1.58. The first-order valence-corrected chi connectivity index (χ1v) is 6.39. The average molecular weight is 216 g/mol. The molecule has 1 saturated heterocycles. The molecule has 1 fully saturated rings. The minimum absolute atomic E-state index is 0.444. The summed E-state index contributed by atoms with van der Waals surface area (Å²) in [6.07, 6.45) is 4.83. The van der Waals surface area contributed by atoms with Crippen LogP contribution in [-0.2, 0) is 12.8 Å². The van der Waals surface area contributed by atoms with E-state index in [4.69, 9.17) is 5.73 Å². The lowest BCUT2D eigenvalue weighted by molar-refractivity contribution is 0.157. The Labute approximate surface area is 97.4 Å². The van der Waals surface area contributed by atoms with E-state index in [2.05, 4.69) is 29.2 Å². The third-order valence-corrected chi connectivity index (χ3v) is 4.12. The number of rotatable bonds is 1. The van der Waals surface area contributed by atoms with Gasteiger partial charge < -0.3 is 5.73 Å². The second kappa shape index (κ2) is 4.19. The summed E-state index contributed by atoms with van der Waals surface area (Å²) in [4.78, 5) is 2.64. The fourth-order valence-electron chi connectivity index (χ4n) is 3.08. The Morgan fingerprint density at radius 1 is 1.00 bits per heavy atom. The molecule has 1 heterocycles. The molecular formula is C14H20N2. The summed E-state index contributed by atoms with van der Waals surface area (Å²) >= 11 is 0. The summed E-state index contributed by atoms with van der Waals surface area (Å²) in [5.41, 5.74) is 9.07. The van der Waals surface area contributed by atoms with Crippen molar-refractivity contribution in [1.29, 1.82) is 0 Å². The predicted molar refractivity (Wildman–Crippen MR) is 66.4 cm³/mol. The maximum absolute atomic E-state index is 5.95. The van der Waals surface area contributed by atoms with Crippen LogP contribution >= 0.6 is 0 Å². The van der Waals surface area contributed by atoms with Crippen LogP contribution in [0.2, 0.25) is 0 Å². The summed E-state index contributed by atoms with van der Waals surface area (Å²) in [7, 11) is 0. The van der Waals surface area contributed by atoms with Crippen LogP contribution in [0.5, 0.6) is 0 Å². The largest absolute Gasteiger partial charge is 0.328 e. The van der Waals surface area contributed by atoms with Crippen LogP contribution < -0.4 is 5.73 Å². The monoisotopic (exact) mass is 216 g/mol. The first-order valence-electron chi connectivity index (χ1n) is 6.39. The number of likely N-dealkylation sites (tertiary alicyclic amines) is 1. The molecule has 2 N–H and O–H groups in total. The van der Waals surface area contributed by atoms with Crippen LogP contribution in [0.15, 0.2) is 24.3 Å². The van der Waals surface area contributed by atoms with E-state index in [9.17, 15) is 0 Å². The molecule has 3 rings (SSSR count). The van der Waals surface area contributed by atoms with Crippen molar-refractivity contribution in [3.05, 3.63) is 35.4 Å². The molecule has 16 heavy (non-hydrogen) atoms. The third-order valence-electron chi connectivity index (χ3n) is 4.12. The summed E-state index contributed by atoms with van der Waals surface area (Å²) in [6, 6.07) is 10.1. The van der Waals surface area contributed by atoms with Crippen molar-refractivity contribution in [2.24, 2.45) is 5.73 Å². The molecular weight excluding hydrogens is 196 g/mol. The number of hydrogen-bond acceptors (Lipinski definition) is 2. The molecule has 0 unspecified atom stereocenters. The Hall–Kier alpha value is -0.860. The average Bonchev–Trinajstić information content (AvgIpc) is 2.73. The van der Waals surface area contributed by atoms with Crippen molar-refractivity contribution in [2.45, 2.75) is 37.8 Å². The van der Waals surface area contributed by atoms with Crippen LogP contribution in [0.4, 0.5) is 0 Å². The highest BCUT2D eigenvalue weighted by Gasteiger charge is 2.28. The normalized spacial score (nSPS) is 23.6. The van der Waals surface area contributed by atoms with Gasteiger partial charge in [0.25, 0.3) is 0 Å². The van der Waals surface area contributed by atoms with Gasteiger partial charge in [0.15, 0.2) is 0 Å². The fraction of sp³-hybridized carbons (Fsp3) is 0.571. The highest BCUT2D eigenvalue weighted by molar-refractivity contribution is 5.33. The molecule has 0 aromatic heterocycles. The fourth-order valence-corrected chi connectivity index (χ4v) is 3.08. The number of fused-ring (bicyclic) bond motifs is 1. The molecule has 1 aliphatic carbocycles. The molecule has 0 bridgehead atoms. The molecule has 1 aromatic rings. The number of benzene rings is 1. The maximum atomic E-state index is 5.95. The maximum Gasteiger partial charge on any atom is 0.0176 e. The van der Waals surface area contributed by atoms with Gasteiger partial charge in [-0.1, -0.05) is 24.3 Å². The zero-order valence-electron chi connectivity index (χ0n) is 9.73. The first kappa shape index (κ1) is 10.3. The van der Waals surface area contributed by atoms with Gasteiger partial charge in [-0.25, -0.2) is 0 Å². The molecule has 0 atom stereocenters. The SMILES string of the molecule is NC1CCN(C2Cc3ccccc3C2)CC1. The minimum atomic E-state index is 0.444. The third kappa shape index (κ3) is 1.87. The molecule has 0 amide bonds. The van der Waals surface area contributed by atoms with Crippen LogP contribution in [0.25, 0.3) is 0 Å². The minimum Gasteiger partial charge on any atom is -0.328 e. The zero-order valence-corrected chi connectivity index (χ0v) is 9.73. The summed E-state index contributed by atoms with van der Waals surface area (Å²) < 4.78 is 0. The summed E-state index contributed by atoms with van der Waals surface area (Å²) in [5.74, 6) is 0. The second-order valence-electron chi connectivity index (χ2n) is 5.20. The van der Waals surface area contributed by atoms with Crippen molar-refractivity contribution in [1.82, 2.24) is 4.90 Å². The van der Waals surface area contributed by atoms with Gasteiger partial charge in [0, 0.05) is 12.1 Å². The van der Waals surface area contributed by atoms with Crippen molar-refractivity contribution >= 4 is 0 Å². The van der Waals surface area contributed by atoms with Gasteiger partial charge in [0.2, 0.25) is 0 Å². The standard InChI is InChI=1S/C14H20N2/c15-13-5-7-16(8-6-13)14-9-11-3-1-2-4-12(11)10-14/h1-4,13-14H,5-10,15H2. The lowest BCUT2D eigenvalue weighted by Crippen LogP contribution is -2.45. The summed E-state index contributed by atoms with van der Waals surface area (Å²) in [6.45, 7) is 2.39. The highest BCUT2D eigenvalue weighted by atomic mass is 15.2. The van der Waals surface area contributed by atoms with Gasteiger partial charge in [-0.2, -0.15) is 0 Å². The van der Waals surface area contributed by atoms with E-state index in [1.165, 1.54) is 38.8 Å². The number of nitrogens with zero attached hydrogens (tertiary/aromatic N) is 1. The molecule has 0 radical (unpaired) electrons. The molecule has 0 saturated carbocycles. The van der Waals surface area contributed by atoms with Gasteiger partial charge in [0.1, 0.15) is 0 Å². The molecule has 2 aliphatic rings. The molecule has 2 heteroatoms. The zero-order chi connectivity index (χ0) is 11.0. The second-order valence-corrected chi connectivity index (χ2v) is 5.20. The van der Waals surface area contributed by atoms with Gasteiger partial charge in [-0.3, -0.25) is 4.90 Å². The Balaban J connectivity index is 1.67. The Bertz CT molecular complexity index is 342. The molecule has 1 aliphatic heterocycles. The van der Waals surface area contributed by atoms with Crippen molar-refractivity contribution in [3.63, 3.8) is 0 Å². The molecule has 0 spiro atoms. The van der Waals surface area contributed by atoms with Gasteiger partial charge in [0.05, 0.1) is 0 Å². The first-order chi connectivity index (χ1) is 7.83. The van der Waals surface area contributed by atoms with E-state index in [-0.39, 0.29) is 0 Å². The van der Waals surface area contributed by atoms with E-state index >= 15 is 0 Å². The van der Waals surface area contributed by atoms with Crippen LogP contribution in [0.3, 0.4) is 0 Å². The Morgan fingerprint density at radius 2 is 1.56 bits per heavy atom.